The molecule has 0 bridgehead atoms. The zero-order chi connectivity index (χ0) is 22.4. The Morgan fingerprint density at radius 2 is 1.45 bits per heavy atom. The van der Waals surface area contributed by atoms with Crippen molar-refractivity contribution in [3.63, 3.8) is 0 Å². The molecule has 0 N–H and O–H groups in total. The number of hydrogen-bond donors (Lipinski definition) is 0. The Morgan fingerprint density at radius 1 is 0.903 bits per heavy atom. The van der Waals surface area contributed by atoms with Crippen molar-refractivity contribution in [1.82, 2.24) is 0 Å². The van der Waals surface area contributed by atoms with Crippen LogP contribution < -0.4 is 0 Å². The van der Waals surface area contributed by atoms with E-state index in [9.17, 15) is 4.79 Å². The van der Waals surface area contributed by atoms with Gasteiger partial charge in [0.05, 0.1) is 5.91 Å². The molecule has 0 saturated carbocycles. The number of halogens is 2. The standard InChI is InChI=1S/C26H27NO.2ClH.Ti/c1-4-10-25(28)27-26(2,3)24-16-8-7-13-22(24)21-15-9-14-20-19-12-6-5-11-18(19)17-23(20)21;;;/h5-9,11-16H,4,10,17H2,1-3H3,(H,27,28);2*1H;/q;;;+2/p-3. The minimum atomic E-state index is -0.559. The molecule has 3 aromatic carbocycles. The number of hydrogen-bond acceptors (Lipinski definition) is 1. The van der Waals surface area contributed by atoms with Crippen molar-refractivity contribution < 1.29 is 21.8 Å². The van der Waals surface area contributed by atoms with E-state index in [1.165, 1.54) is 33.4 Å². The Balaban J connectivity index is 0.000000858. The van der Waals surface area contributed by atoms with Gasteiger partial charge < -0.3 is 10.1 Å². The van der Waals surface area contributed by atoms with Gasteiger partial charge in [0.15, 0.2) is 0 Å². The summed E-state index contributed by atoms with van der Waals surface area (Å²) in [5.74, 6) is -0.0204. The first-order valence-electron chi connectivity index (χ1n) is 10.4. The summed E-state index contributed by atoms with van der Waals surface area (Å²) in [6.07, 6.45) is 2.27. The summed E-state index contributed by atoms with van der Waals surface area (Å²) >= 11 is -0.556. The van der Waals surface area contributed by atoms with Crippen molar-refractivity contribution in [3.05, 3.63) is 88.7 Å². The monoisotopic (exact) mass is 486 g/mol. The molecule has 0 aliphatic heterocycles. The fraction of sp³-hybridized carbons (Fsp3) is 0.269. The minimum absolute atomic E-state index is 0.0204. The Bertz CT molecular complexity index is 1060. The van der Waals surface area contributed by atoms with Crippen molar-refractivity contribution in [2.75, 3.05) is 0 Å². The molecule has 0 radical (unpaired) electrons. The third-order valence-corrected chi connectivity index (χ3v) is 5.60. The van der Waals surface area contributed by atoms with Gasteiger partial charge in [-0.2, -0.15) is 0 Å². The summed E-state index contributed by atoms with van der Waals surface area (Å²) in [7, 11) is 9.78. The Morgan fingerprint density at radius 3 is 2.13 bits per heavy atom. The number of carbonyl (C=O) groups excluding carboxylic acids is 1. The molecule has 5 heteroatoms. The average molecular weight is 487 g/mol. The van der Waals surface area contributed by atoms with Crippen LogP contribution in [0.3, 0.4) is 0 Å². The van der Waals surface area contributed by atoms with Gasteiger partial charge >= 0.3 is 35.6 Å². The molecule has 0 unspecified atom stereocenters. The van der Waals surface area contributed by atoms with Crippen LogP contribution in [0.5, 0.6) is 0 Å². The molecule has 0 atom stereocenters. The summed E-state index contributed by atoms with van der Waals surface area (Å²) in [4.78, 5) is 12.2. The van der Waals surface area contributed by atoms with Crippen molar-refractivity contribution in [1.29, 1.82) is 0 Å². The van der Waals surface area contributed by atoms with Gasteiger partial charge in [-0.25, -0.2) is 0 Å². The number of fused-ring (bicyclic) bond motifs is 3. The van der Waals surface area contributed by atoms with Crippen molar-refractivity contribution in [3.8, 4) is 22.3 Å². The van der Waals surface area contributed by atoms with Crippen molar-refractivity contribution in [2.24, 2.45) is 0 Å². The molecule has 3 aromatic rings. The molecule has 0 spiro atoms. The second-order valence-corrected chi connectivity index (χ2v) is 10.7. The topological polar surface area (TPSA) is 31.2 Å². The average Bonchev–Trinajstić information content (AvgIpc) is 3.13. The van der Waals surface area contributed by atoms with E-state index in [2.05, 4.69) is 66.0 Å². The summed E-state index contributed by atoms with van der Waals surface area (Å²) in [6.45, 7) is 6.09. The van der Waals surface area contributed by atoms with Crippen LogP contribution in [0, 0.1) is 0 Å². The van der Waals surface area contributed by atoms with E-state index in [0.717, 1.165) is 18.4 Å². The first-order chi connectivity index (χ1) is 14.9. The van der Waals surface area contributed by atoms with Gasteiger partial charge in [-0.15, -0.1) is 0 Å². The Hall–Kier alpha value is -1.58. The van der Waals surface area contributed by atoms with Crippen LogP contribution in [0.1, 0.15) is 50.3 Å². The van der Waals surface area contributed by atoms with Crippen LogP contribution in [0.25, 0.3) is 27.6 Å². The normalized spacial score (nSPS) is 11.6. The molecule has 1 aliphatic carbocycles. The maximum atomic E-state index is 12.2. The number of carbonyl (C=O) groups is 1. The zero-order valence-electron chi connectivity index (χ0n) is 18.1. The fourth-order valence-electron chi connectivity index (χ4n) is 4.30. The van der Waals surface area contributed by atoms with Crippen molar-refractivity contribution in [2.45, 2.75) is 45.6 Å². The molecule has 0 fully saturated rings. The quantitative estimate of drug-likeness (QED) is 0.261. The molecule has 4 rings (SSSR count). The van der Waals surface area contributed by atoms with Gasteiger partial charge in [0, 0.05) is 0 Å². The molecule has 0 aromatic heterocycles. The first kappa shape index (κ1) is 24.1. The number of rotatable bonds is 5. The maximum absolute atomic E-state index is 12.2. The summed E-state index contributed by atoms with van der Waals surface area (Å²) in [5, 5.41) is 4.55. The number of nitrogens with zero attached hydrogens (tertiary/aromatic N) is 1. The van der Waals surface area contributed by atoms with E-state index >= 15 is 0 Å². The van der Waals surface area contributed by atoms with Gasteiger partial charge in [0.1, 0.15) is 0 Å². The molecule has 2 nitrogen and oxygen atoms in total. The molecule has 0 saturated heterocycles. The third-order valence-electron chi connectivity index (χ3n) is 5.60. The Kier molecular flexibility index (Phi) is 8.41. The third kappa shape index (κ3) is 5.44. The van der Waals surface area contributed by atoms with E-state index in [4.69, 9.17) is 18.6 Å². The van der Waals surface area contributed by atoms with E-state index in [1.54, 1.807) is 0 Å². The molecular formula is C26H26Cl2NOTi-. The van der Waals surface area contributed by atoms with Gasteiger partial charge in [-0.05, 0) is 46.2 Å². The molecule has 1 aliphatic rings. The van der Waals surface area contributed by atoms with Crippen LogP contribution in [0.4, 0.5) is 0 Å². The molecule has 1 amide bonds. The second-order valence-electron chi connectivity index (χ2n) is 8.10. The predicted octanol–water partition coefficient (Wildman–Crippen LogP) is 8.24. The van der Waals surface area contributed by atoms with Crippen LogP contribution in [-0.4, -0.2) is 5.91 Å². The van der Waals surface area contributed by atoms with Crippen molar-refractivity contribution >= 4 is 24.5 Å². The van der Waals surface area contributed by atoms with Crippen LogP contribution in [0.15, 0.2) is 66.7 Å². The van der Waals surface area contributed by atoms with Crippen LogP contribution in [-0.2, 0) is 33.8 Å². The van der Waals surface area contributed by atoms with E-state index < -0.39 is 22.6 Å². The van der Waals surface area contributed by atoms with Gasteiger partial charge in [-0.1, -0.05) is 105 Å². The van der Waals surface area contributed by atoms with Gasteiger partial charge in [-0.3, -0.25) is 0 Å². The summed E-state index contributed by atoms with van der Waals surface area (Å²) in [6, 6.07) is 23.6. The van der Waals surface area contributed by atoms with E-state index in [-0.39, 0.29) is 5.91 Å². The first-order valence-corrected chi connectivity index (χ1v) is 14.7. The van der Waals surface area contributed by atoms with Crippen LogP contribution >= 0.6 is 18.6 Å². The van der Waals surface area contributed by atoms with Gasteiger partial charge in [0.25, 0.3) is 0 Å². The molecule has 160 valence electrons. The predicted molar refractivity (Wildman–Crippen MR) is 128 cm³/mol. The molecule has 0 heterocycles. The zero-order valence-corrected chi connectivity index (χ0v) is 21.2. The number of amides is 1. The second kappa shape index (κ2) is 10.8. The fourth-order valence-corrected chi connectivity index (χ4v) is 4.30. The molecule has 31 heavy (non-hydrogen) atoms. The summed E-state index contributed by atoms with van der Waals surface area (Å²) < 4.78 is 0. The van der Waals surface area contributed by atoms with Crippen LogP contribution in [0.2, 0.25) is 0 Å². The SMILES string of the molecule is CCCC(=O)[N-]C(C)(C)c1ccccc1-c1cccc2c1Cc1ccccc1-2.[Cl][Ti][Cl]. The molecular weight excluding hydrogens is 461 g/mol. The van der Waals surface area contributed by atoms with Gasteiger partial charge in [0.2, 0.25) is 0 Å². The van der Waals surface area contributed by atoms with E-state index in [0.29, 0.717) is 6.42 Å². The summed E-state index contributed by atoms with van der Waals surface area (Å²) in [5.41, 5.74) is 8.36. The van der Waals surface area contributed by atoms with E-state index in [1.807, 2.05) is 26.8 Å². The number of benzene rings is 3. The Labute approximate surface area is 202 Å².